The van der Waals surface area contributed by atoms with Crippen LogP contribution in [0.4, 0.5) is 0 Å². The van der Waals surface area contributed by atoms with Gasteiger partial charge in [0, 0.05) is 18.2 Å². The molecule has 0 saturated heterocycles. The Kier molecular flexibility index (Phi) is 11.8. The first kappa shape index (κ1) is 28.1. The first-order valence-electron chi connectivity index (χ1n) is 11.3. The topological polar surface area (TPSA) is 127 Å². The summed E-state index contributed by atoms with van der Waals surface area (Å²) in [5, 5.41) is 32.3. The molecule has 2 unspecified atom stereocenters. The van der Waals surface area contributed by atoms with E-state index in [9.17, 15) is 19.9 Å². The molecule has 0 fully saturated rings. The molecule has 10 heteroatoms. The number of hydrogen-bond acceptors (Lipinski definition) is 9. The van der Waals surface area contributed by atoms with Gasteiger partial charge >= 0.3 is 7.60 Å². The lowest BCUT2D eigenvalue weighted by Crippen LogP contribution is -2.37. The number of aliphatic hydroxyl groups excluding tert-OH is 2. The smallest absolute Gasteiger partial charge is 0.367 e. The number of ether oxygens (including phenoxy) is 2. The molecule has 0 heterocycles. The van der Waals surface area contributed by atoms with Crippen molar-refractivity contribution >= 4 is 7.60 Å². The summed E-state index contributed by atoms with van der Waals surface area (Å²) in [6, 6.07) is 12.2. The summed E-state index contributed by atoms with van der Waals surface area (Å²) in [4.78, 5) is 0. The van der Waals surface area contributed by atoms with Gasteiger partial charge in [0.25, 0.3) is 0 Å². The normalized spacial score (nSPS) is 13.4. The molecule has 0 amide bonds. The van der Waals surface area contributed by atoms with Crippen LogP contribution in [0.2, 0.25) is 0 Å². The lowest BCUT2D eigenvalue weighted by molar-refractivity contribution is 0.104. The van der Waals surface area contributed by atoms with Gasteiger partial charge in [0.2, 0.25) is 0 Å². The third-order valence-electron chi connectivity index (χ3n) is 4.87. The molecule has 0 aliphatic rings. The number of aromatic hydroxyl groups is 1. The molecule has 190 valence electrons. The van der Waals surface area contributed by atoms with Crippen molar-refractivity contribution in [2.45, 2.75) is 45.9 Å². The molecule has 2 atom stereocenters. The Bertz CT molecular complexity index is 898. The molecule has 4 N–H and O–H groups in total. The molecular weight excluding hydrogens is 461 g/mol. The highest BCUT2D eigenvalue weighted by Gasteiger charge is 2.24. The van der Waals surface area contributed by atoms with Crippen molar-refractivity contribution < 1.29 is 38.4 Å². The zero-order chi connectivity index (χ0) is 25.0. The summed E-state index contributed by atoms with van der Waals surface area (Å²) in [5.74, 6) is 1.05. The van der Waals surface area contributed by atoms with Crippen LogP contribution in [0.15, 0.2) is 42.5 Å². The van der Waals surface area contributed by atoms with E-state index >= 15 is 0 Å². The molecule has 2 aromatic rings. The Labute approximate surface area is 201 Å². The van der Waals surface area contributed by atoms with Gasteiger partial charge in [0.15, 0.2) is 6.35 Å². The summed E-state index contributed by atoms with van der Waals surface area (Å²) in [6.45, 7) is 6.23. The zero-order valence-electron chi connectivity index (χ0n) is 20.0. The van der Waals surface area contributed by atoms with E-state index in [1.807, 2.05) is 31.2 Å². The van der Waals surface area contributed by atoms with Crippen LogP contribution in [-0.4, -0.2) is 60.2 Å². The number of benzene rings is 2. The Hall–Kier alpha value is -2.13. The fraction of sp³-hybridized carbons (Fsp3) is 0.500. The van der Waals surface area contributed by atoms with Gasteiger partial charge in [-0.3, -0.25) is 4.57 Å². The maximum atomic E-state index is 12.5. The predicted molar refractivity (Wildman–Crippen MR) is 129 cm³/mol. The van der Waals surface area contributed by atoms with Crippen LogP contribution in [0.3, 0.4) is 0 Å². The molecule has 0 aliphatic carbocycles. The monoisotopic (exact) mass is 497 g/mol. The molecule has 0 aromatic heterocycles. The predicted octanol–water partition coefficient (Wildman–Crippen LogP) is 3.45. The third-order valence-corrected chi connectivity index (χ3v) is 6.62. The third kappa shape index (κ3) is 9.62. The van der Waals surface area contributed by atoms with Crippen LogP contribution in [0.5, 0.6) is 17.2 Å². The minimum absolute atomic E-state index is 0.00139. The van der Waals surface area contributed by atoms with Crippen LogP contribution in [0, 0.1) is 0 Å². The summed E-state index contributed by atoms with van der Waals surface area (Å²) in [7, 11) is -3.26. The van der Waals surface area contributed by atoms with E-state index in [-0.39, 0.29) is 44.6 Å². The van der Waals surface area contributed by atoms with Gasteiger partial charge in [-0.1, -0.05) is 12.1 Å². The van der Waals surface area contributed by atoms with Crippen LogP contribution in [0.1, 0.15) is 31.9 Å². The van der Waals surface area contributed by atoms with Crippen molar-refractivity contribution in [3.63, 3.8) is 0 Å². The van der Waals surface area contributed by atoms with E-state index in [0.29, 0.717) is 23.6 Å². The standard InChI is InChI=1S/C24H36NO8P/c1-4-32-34(29,33-5-2)17-31-22-8-6-19(7-9-22)12-18(3)25-14-21(27)16-30-23-10-11-24(28)20(13-23)15-26/h6-11,13,18,21,25-28H,4-5,12,14-17H2,1-3H3. The van der Waals surface area contributed by atoms with Gasteiger partial charge in [0.05, 0.1) is 19.8 Å². The van der Waals surface area contributed by atoms with Crippen LogP contribution in [0.25, 0.3) is 0 Å². The average Bonchev–Trinajstić information content (AvgIpc) is 2.82. The quantitative estimate of drug-likeness (QED) is 0.258. The first-order chi connectivity index (χ1) is 16.3. The van der Waals surface area contributed by atoms with Gasteiger partial charge in [-0.25, -0.2) is 0 Å². The van der Waals surface area contributed by atoms with Crippen molar-refractivity contribution in [2.24, 2.45) is 0 Å². The Morgan fingerprint density at radius 1 is 1.00 bits per heavy atom. The Morgan fingerprint density at radius 2 is 1.65 bits per heavy atom. The van der Waals surface area contributed by atoms with E-state index in [1.54, 1.807) is 19.9 Å². The van der Waals surface area contributed by atoms with Crippen LogP contribution in [-0.2, 0) is 26.6 Å². The molecule has 0 saturated carbocycles. The number of hydrogen-bond donors (Lipinski definition) is 4. The SMILES string of the molecule is CCOP(=O)(COc1ccc(CC(C)NCC(O)COc2ccc(O)c(CO)c2)cc1)OCC. The summed E-state index contributed by atoms with van der Waals surface area (Å²) >= 11 is 0. The molecule has 0 bridgehead atoms. The molecule has 0 radical (unpaired) electrons. The van der Waals surface area contributed by atoms with Crippen molar-refractivity contribution in [1.82, 2.24) is 5.32 Å². The lowest BCUT2D eigenvalue weighted by atomic mass is 10.1. The minimum atomic E-state index is -3.26. The van der Waals surface area contributed by atoms with Crippen molar-refractivity contribution in [1.29, 1.82) is 0 Å². The largest absolute Gasteiger partial charge is 0.508 e. The summed E-state index contributed by atoms with van der Waals surface area (Å²) in [6.07, 6.45) is -0.129. The first-order valence-corrected chi connectivity index (χ1v) is 13.1. The number of phenols is 1. The summed E-state index contributed by atoms with van der Waals surface area (Å²) in [5.41, 5.74) is 1.45. The van der Waals surface area contributed by atoms with E-state index < -0.39 is 13.7 Å². The van der Waals surface area contributed by atoms with Gasteiger partial charge < -0.3 is 39.2 Å². The molecule has 9 nitrogen and oxygen atoms in total. The number of nitrogens with one attached hydrogen (secondary N) is 1. The van der Waals surface area contributed by atoms with Gasteiger partial charge in [-0.15, -0.1) is 0 Å². The van der Waals surface area contributed by atoms with Gasteiger partial charge in [-0.2, -0.15) is 0 Å². The maximum absolute atomic E-state index is 12.5. The average molecular weight is 498 g/mol. The molecular formula is C24H36NO8P. The van der Waals surface area contributed by atoms with Crippen LogP contribution >= 0.6 is 7.60 Å². The fourth-order valence-corrected chi connectivity index (χ4v) is 4.49. The molecule has 2 rings (SSSR count). The van der Waals surface area contributed by atoms with E-state index in [2.05, 4.69) is 5.32 Å². The van der Waals surface area contributed by atoms with Crippen molar-refractivity contribution in [3.05, 3.63) is 53.6 Å². The molecule has 0 aliphatic heterocycles. The fourth-order valence-electron chi connectivity index (χ4n) is 3.17. The second-order valence-corrected chi connectivity index (χ2v) is 9.79. The molecule has 34 heavy (non-hydrogen) atoms. The minimum Gasteiger partial charge on any atom is -0.508 e. The second kappa shape index (κ2) is 14.3. The number of aliphatic hydroxyl groups is 2. The van der Waals surface area contributed by atoms with Gasteiger partial charge in [0.1, 0.15) is 30.0 Å². The van der Waals surface area contributed by atoms with E-state index in [0.717, 1.165) is 12.0 Å². The maximum Gasteiger partial charge on any atom is 0.367 e. The van der Waals surface area contributed by atoms with E-state index in [4.69, 9.17) is 18.5 Å². The highest BCUT2D eigenvalue weighted by Crippen LogP contribution is 2.47. The zero-order valence-corrected chi connectivity index (χ0v) is 20.9. The van der Waals surface area contributed by atoms with Crippen molar-refractivity contribution in [2.75, 3.05) is 32.7 Å². The van der Waals surface area contributed by atoms with Crippen LogP contribution < -0.4 is 14.8 Å². The Morgan fingerprint density at radius 3 is 2.26 bits per heavy atom. The second-order valence-electron chi connectivity index (χ2n) is 7.79. The highest BCUT2D eigenvalue weighted by molar-refractivity contribution is 7.53. The summed E-state index contributed by atoms with van der Waals surface area (Å²) < 4.78 is 34.1. The van der Waals surface area contributed by atoms with E-state index in [1.165, 1.54) is 12.1 Å². The van der Waals surface area contributed by atoms with Gasteiger partial charge in [-0.05, 0) is 63.1 Å². The molecule has 2 aromatic carbocycles. The number of rotatable bonds is 16. The lowest BCUT2D eigenvalue weighted by Gasteiger charge is -2.19. The van der Waals surface area contributed by atoms with Crippen molar-refractivity contribution in [3.8, 4) is 17.2 Å². The molecule has 0 spiro atoms. The highest BCUT2D eigenvalue weighted by atomic mass is 31.2. The Balaban J connectivity index is 1.74.